The lowest BCUT2D eigenvalue weighted by Gasteiger charge is -2.27. The Bertz CT molecular complexity index is 571. The normalized spacial score (nSPS) is 36.9. The van der Waals surface area contributed by atoms with Crippen molar-refractivity contribution in [1.82, 2.24) is 10.2 Å². The van der Waals surface area contributed by atoms with E-state index in [0.717, 1.165) is 19.3 Å². The van der Waals surface area contributed by atoms with Crippen molar-refractivity contribution in [3.05, 3.63) is 0 Å². The summed E-state index contributed by atoms with van der Waals surface area (Å²) in [5.74, 6) is 0.895. The lowest BCUT2D eigenvalue weighted by atomic mass is 10.2. The van der Waals surface area contributed by atoms with Gasteiger partial charge in [0.25, 0.3) is 0 Å². The molecule has 0 aromatic heterocycles. The summed E-state index contributed by atoms with van der Waals surface area (Å²) < 4.78 is 29.1. The van der Waals surface area contributed by atoms with E-state index in [1.807, 2.05) is 20.8 Å². The zero-order valence-corrected chi connectivity index (χ0v) is 15.2. The number of sulfone groups is 1. The van der Waals surface area contributed by atoms with Gasteiger partial charge in [0.1, 0.15) is 5.60 Å². The van der Waals surface area contributed by atoms with E-state index in [1.54, 1.807) is 4.90 Å². The number of hydrogen-bond donors (Lipinski definition) is 1. The van der Waals surface area contributed by atoms with E-state index >= 15 is 0 Å². The highest BCUT2D eigenvalue weighted by atomic mass is 32.2. The van der Waals surface area contributed by atoms with Crippen LogP contribution in [0.5, 0.6) is 0 Å². The maximum absolute atomic E-state index is 12.1. The molecule has 132 valence electrons. The SMILES string of the molecule is CC(C)(C)OC(=O)N1CC2C(C1)C2NC1CCCC1S(C)(=O)=O. The molecule has 3 rings (SSSR count). The van der Waals surface area contributed by atoms with Gasteiger partial charge in [0.05, 0.1) is 5.25 Å². The average molecular weight is 344 g/mol. The molecule has 1 heterocycles. The minimum Gasteiger partial charge on any atom is -0.444 e. The van der Waals surface area contributed by atoms with Gasteiger partial charge in [-0.15, -0.1) is 0 Å². The molecule has 1 N–H and O–H groups in total. The summed E-state index contributed by atoms with van der Waals surface area (Å²) >= 11 is 0. The van der Waals surface area contributed by atoms with Gasteiger partial charge in [-0.05, 0) is 45.4 Å². The molecule has 7 heteroatoms. The van der Waals surface area contributed by atoms with E-state index in [2.05, 4.69) is 5.32 Å². The Morgan fingerprint density at radius 2 is 1.78 bits per heavy atom. The molecule has 1 aliphatic heterocycles. The zero-order chi connectivity index (χ0) is 17.0. The van der Waals surface area contributed by atoms with Gasteiger partial charge in [-0.3, -0.25) is 0 Å². The first-order chi connectivity index (χ1) is 10.6. The fraction of sp³-hybridized carbons (Fsp3) is 0.938. The highest BCUT2D eigenvalue weighted by Crippen LogP contribution is 2.46. The first-order valence-corrected chi connectivity index (χ1v) is 10.4. The second kappa shape index (κ2) is 5.62. The topological polar surface area (TPSA) is 75.7 Å². The summed E-state index contributed by atoms with van der Waals surface area (Å²) in [7, 11) is -2.98. The third-order valence-electron chi connectivity index (χ3n) is 5.25. The molecule has 6 nitrogen and oxygen atoms in total. The van der Waals surface area contributed by atoms with Crippen molar-refractivity contribution in [2.75, 3.05) is 19.3 Å². The summed E-state index contributed by atoms with van der Waals surface area (Å²) in [5.41, 5.74) is -0.464. The summed E-state index contributed by atoms with van der Waals surface area (Å²) in [6.45, 7) is 7.05. The standard InChI is InChI=1S/C16H28N2O4S/c1-16(2,3)22-15(19)18-8-10-11(9-18)14(10)17-12-6-5-7-13(12)23(4,20)21/h10-14,17H,5-9H2,1-4H3. The number of hydrogen-bond acceptors (Lipinski definition) is 5. The minimum absolute atomic E-state index is 0.0792. The van der Waals surface area contributed by atoms with Crippen LogP contribution in [0.1, 0.15) is 40.0 Å². The molecule has 1 amide bonds. The second-order valence-corrected chi connectivity index (χ2v) is 10.6. The highest BCUT2D eigenvalue weighted by Gasteiger charge is 2.58. The van der Waals surface area contributed by atoms with Gasteiger partial charge in [0, 0.05) is 31.4 Å². The van der Waals surface area contributed by atoms with Crippen LogP contribution in [0.25, 0.3) is 0 Å². The van der Waals surface area contributed by atoms with E-state index in [4.69, 9.17) is 4.74 Å². The molecule has 0 radical (unpaired) electrons. The van der Waals surface area contributed by atoms with Crippen molar-refractivity contribution in [1.29, 1.82) is 0 Å². The Morgan fingerprint density at radius 1 is 1.17 bits per heavy atom. The van der Waals surface area contributed by atoms with Crippen LogP contribution in [-0.2, 0) is 14.6 Å². The largest absolute Gasteiger partial charge is 0.444 e. The first-order valence-electron chi connectivity index (χ1n) is 8.49. The zero-order valence-electron chi connectivity index (χ0n) is 14.4. The number of ether oxygens (including phenoxy) is 1. The highest BCUT2D eigenvalue weighted by molar-refractivity contribution is 7.91. The monoisotopic (exact) mass is 344 g/mol. The van der Waals surface area contributed by atoms with Crippen molar-refractivity contribution >= 4 is 15.9 Å². The third kappa shape index (κ3) is 3.65. The predicted molar refractivity (Wildman–Crippen MR) is 88.0 cm³/mol. The van der Waals surface area contributed by atoms with Crippen molar-refractivity contribution < 1.29 is 17.9 Å². The predicted octanol–water partition coefficient (Wildman–Crippen LogP) is 1.41. The molecule has 4 atom stereocenters. The molecule has 1 saturated heterocycles. The molecule has 2 saturated carbocycles. The molecular formula is C16H28N2O4S. The number of rotatable bonds is 3. The molecule has 4 unspecified atom stereocenters. The van der Waals surface area contributed by atoms with E-state index in [0.29, 0.717) is 31.0 Å². The number of nitrogens with one attached hydrogen (secondary N) is 1. The van der Waals surface area contributed by atoms with Crippen LogP contribution in [0.4, 0.5) is 4.79 Å². The number of nitrogens with zero attached hydrogens (tertiary/aromatic N) is 1. The van der Waals surface area contributed by atoms with Gasteiger partial charge in [-0.1, -0.05) is 6.42 Å². The number of likely N-dealkylation sites (tertiary alicyclic amines) is 1. The van der Waals surface area contributed by atoms with Crippen LogP contribution in [0.15, 0.2) is 0 Å². The summed E-state index contributed by atoms with van der Waals surface area (Å²) in [6, 6.07) is 0.441. The number of carbonyl (C=O) groups is 1. The number of piperidine rings is 1. The molecule has 0 bridgehead atoms. The van der Waals surface area contributed by atoms with Gasteiger partial charge >= 0.3 is 6.09 Å². The maximum atomic E-state index is 12.1. The summed E-state index contributed by atoms with van der Waals surface area (Å²) in [4.78, 5) is 13.8. The Morgan fingerprint density at radius 3 is 2.30 bits per heavy atom. The van der Waals surface area contributed by atoms with Crippen molar-refractivity contribution in [3.8, 4) is 0 Å². The van der Waals surface area contributed by atoms with E-state index in [1.165, 1.54) is 6.26 Å². The number of amides is 1. The van der Waals surface area contributed by atoms with Crippen LogP contribution < -0.4 is 5.32 Å². The molecule has 3 fully saturated rings. The van der Waals surface area contributed by atoms with Crippen LogP contribution in [-0.4, -0.2) is 61.7 Å². The fourth-order valence-electron chi connectivity index (χ4n) is 4.13. The quantitative estimate of drug-likeness (QED) is 0.838. The minimum atomic E-state index is -2.98. The third-order valence-corrected chi connectivity index (χ3v) is 6.92. The van der Waals surface area contributed by atoms with Crippen molar-refractivity contribution in [2.45, 2.75) is 63.0 Å². The van der Waals surface area contributed by atoms with E-state index in [-0.39, 0.29) is 17.4 Å². The van der Waals surface area contributed by atoms with E-state index in [9.17, 15) is 13.2 Å². The molecule has 0 spiro atoms. The number of carbonyl (C=O) groups excluding carboxylic acids is 1. The summed E-state index contributed by atoms with van der Waals surface area (Å²) in [5, 5.41) is 3.32. The van der Waals surface area contributed by atoms with Crippen molar-refractivity contribution in [3.63, 3.8) is 0 Å². The molecule has 0 aromatic rings. The van der Waals surface area contributed by atoms with E-state index < -0.39 is 15.4 Å². The molecule has 3 aliphatic rings. The lowest BCUT2D eigenvalue weighted by Crippen LogP contribution is -2.45. The molecule has 0 aromatic carbocycles. The Labute approximate surface area is 138 Å². The van der Waals surface area contributed by atoms with Gasteiger partial charge in [-0.25, -0.2) is 13.2 Å². The Kier molecular flexibility index (Phi) is 4.16. The van der Waals surface area contributed by atoms with Crippen molar-refractivity contribution in [2.24, 2.45) is 11.8 Å². The van der Waals surface area contributed by atoms with Crippen LogP contribution in [0, 0.1) is 11.8 Å². The summed E-state index contributed by atoms with van der Waals surface area (Å²) in [6.07, 6.45) is 3.78. The smallest absolute Gasteiger partial charge is 0.410 e. The maximum Gasteiger partial charge on any atom is 0.410 e. The van der Waals surface area contributed by atoms with Gasteiger partial charge in [0.2, 0.25) is 0 Å². The number of fused-ring (bicyclic) bond motifs is 1. The van der Waals surface area contributed by atoms with Crippen LogP contribution in [0.3, 0.4) is 0 Å². The fourth-order valence-corrected chi connectivity index (χ4v) is 5.53. The molecule has 23 heavy (non-hydrogen) atoms. The molecule has 2 aliphatic carbocycles. The molecular weight excluding hydrogens is 316 g/mol. The van der Waals surface area contributed by atoms with Gasteiger partial charge in [-0.2, -0.15) is 0 Å². The second-order valence-electron chi connectivity index (χ2n) is 8.31. The average Bonchev–Trinajstić information content (AvgIpc) is 2.82. The van der Waals surface area contributed by atoms with Gasteiger partial charge < -0.3 is 15.0 Å². The Hall–Kier alpha value is -0.820. The van der Waals surface area contributed by atoms with Gasteiger partial charge in [0.15, 0.2) is 9.84 Å². The lowest BCUT2D eigenvalue weighted by molar-refractivity contribution is 0.0268. The Balaban J connectivity index is 1.50. The van der Waals surface area contributed by atoms with Crippen LogP contribution >= 0.6 is 0 Å². The van der Waals surface area contributed by atoms with Crippen LogP contribution in [0.2, 0.25) is 0 Å². The first kappa shape index (κ1) is 17.0.